The number of benzene rings is 3. The predicted molar refractivity (Wildman–Crippen MR) is 117 cm³/mol. The zero-order chi connectivity index (χ0) is 22.2. The van der Waals surface area contributed by atoms with Gasteiger partial charge < -0.3 is 9.47 Å². The lowest BCUT2D eigenvalue weighted by atomic mass is 10.1. The maximum atomic E-state index is 12.3. The van der Waals surface area contributed by atoms with E-state index in [2.05, 4.69) is 10.5 Å². The summed E-state index contributed by atoms with van der Waals surface area (Å²) in [5.41, 5.74) is 5.53. The molecule has 31 heavy (non-hydrogen) atoms. The topological polar surface area (TPSA) is 103 Å². The number of amides is 1. The molecule has 8 nitrogen and oxygen atoms in total. The average molecular weight is 419 g/mol. The Morgan fingerprint density at radius 1 is 1.10 bits per heavy atom. The fraction of sp³-hybridized carbons (Fsp3) is 0.130. The van der Waals surface area contributed by atoms with Crippen LogP contribution in [-0.4, -0.2) is 24.2 Å². The second-order valence-corrected chi connectivity index (χ2v) is 6.68. The van der Waals surface area contributed by atoms with Crippen LogP contribution in [0, 0.1) is 17.0 Å². The van der Waals surface area contributed by atoms with Crippen molar-refractivity contribution in [2.75, 3.05) is 7.11 Å². The Hall–Kier alpha value is -4.20. The fourth-order valence-corrected chi connectivity index (χ4v) is 2.74. The Kier molecular flexibility index (Phi) is 6.95. The van der Waals surface area contributed by atoms with E-state index in [1.807, 2.05) is 13.0 Å². The first-order chi connectivity index (χ1) is 15.0. The van der Waals surface area contributed by atoms with E-state index in [-0.39, 0.29) is 11.6 Å². The van der Waals surface area contributed by atoms with Gasteiger partial charge in [0.25, 0.3) is 11.6 Å². The molecule has 0 atom stereocenters. The summed E-state index contributed by atoms with van der Waals surface area (Å²) in [5, 5.41) is 14.7. The molecule has 8 heteroatoms. The van der Waals surface area contributed by atoms with Gasteiger partial charge >= 0.3 is 0 Å². The molecule has 3 aromatic carbocycles. The molecule has 1 amide bonds. The molecule has 3 aromatic rings. The summed E-state index contributed by atoms with van der Waals surface area (Å²) >= 11 is 0. The zero-order valence-electron chi connectivity index (χ0n) is 17.1. The number of rotatable bonds is 8. The first-order valence-corrected chi connectivity index (χ1v) is 9.40. The van der Waals surface area contributed by atoms with Gasteiger partial charge in [0.1, 0.15) is 18.1 Å². The van der Waals surface area contributed by atoms with Crippen LogP contribution >= 0.6 is 0 Å². The number of carbonyl (C=O) groups excluding carboxylic acids is 1. The molecule has 0 aliphatic rings. The van der Waals surface area contributed by atoms with Gasteiger partial charge in [0.2, 0.25) is 0 Å². The van der Waals surface area contributed by atoms with Gasteiger partial charge in [-0.2, -0.15) is 5.10 Å². The molecule has 0 fully saturated rings. The molecular formula is C23H21N3O5. The second kappa shape index (κ2) is 10.0. The van der Waals surface area contributed by atoms with E-state index in [9.17, 15) is 14.9 Å². The van der Waals surface area contributed by atoms with Crippen molar-refractivity contribution < 1.29 is 19.2 Å². The van der Waals surface area contributed by atoms with Crippen molar-refractivity contribution >= 4 is 17.8 Å². The first kappa shape index (κ1) is 21.5. The van der Waals surface area contributed by atoms with Crippen molar-refractivity contribution in [2.45, 2.75) is 13.5 Å². The SMILES string of the molecule is COc1cc(C)ccc1C(=O)N/N=C\c1ccc(OCc2ccc([N+](=O)[O-])cc2)cc1. The fourth-order valence-electron chi connectivity index (χ4n) is 2.74. The molecule has 158 valence electrons. The van der Waals surface area contributed by atoms with E-state index < -0.39 is 4.92 Å². The largest absolute Gasteiger partial charge is 0.496 e. The molecule has 0 heterocycles. The summed E-state index contributed by atoms with van der Waals surface area (Å²) < 4.78 is 10.9. The van der Waals surface area contributed by atoms with Crippen molar-refractivity contribution in [3.8, 4) is 11.5 Å². The molecular weight excluding hydrogens is 398 g/mol. The van der Waals surface area contributed by atoms with Crippen LogP contribution in [0.15, 0.2) is 71.8 Å². The van der Waals surface area contributed by atoms with E-state index in [1.165, 1.54) is 25.5 Å². The van der Waals surface area contributed by atoms with Gasteiger partial charge in [-0.25, -0.2) is 5.43 Å². The van der Waals surface area contributed by atoms with Crippen LogP contribution in [0.4, 0.5) is 5.69 Å². The molecule has 0 aliphatic heterocycles. The van der Waals surface area contributed by atoms with E-state index >= 15 is 0 Å². The number of methoxy groups -OCH3 is 1. The Morgan fingerprint density at radius 3 is 2.45 bits per heavy atom. The Balaban J connectivity index is 1.53. The molecule has 0 saturated carbocycles. The molecule has 0 unspecified atom stereocenters. The number of hydrogen-bond acceptors (Lipinski definition) is 6. The van der Waals surface area contributed by atoms with E-state index in [1.54, 1.807) is 48.5 Å². The third-order valence-corrected chi connectivity index (χ3v) is 4.41. The lowest BCUT2D eigenvalue weighted by molar-refractivity contribution is -0.384. The number of hydrazone groups is 1. The zero-order valence-corrected chi connectivity index (χ0v) is 17.1. The quantitative estimate of drug-likeness (QED) is 0.334. The molecule has 0 aromatic heterocycles. The van der Waals surface area contributed by atoms with Gasteiger partial charge in [-0.05, 0) is 72.1 Å². The number of non-ortho nitro benzene ring substituents is 1. The van der Waals surface area contributed by atoms with Crippen LogP contribution in [0.25, 0.3) is 0 Å². The lowest BCUT2D eigenvalue weighted by Gasteiger charge is -2.08. The smallest absolute Gasteiger partial charge is 0.275 e. The number of nitro benzene ring substituents is 1. The van der Waals surface area contributed by atoms with Crippen molar-refractivity contribution in [2.24, 2.45) is 5.10 Å². The number of aryl methyl sites for hydroxylation is 1. The highest BCUT2D eigenvalue weighted by molar-refractivity contribution is 5.97. The Morgan fingerprint density at radius 2 is 1.81 bits per heavy atom. The normalized spacial score (nSPS) is 10.6. The predicted octanol–water partition coefficient (Wildman–Crippen LogP) is 4.25. The number of nitrogens with zero attached hydrogens (tertiary/aromatic N) is 2. The Labute approximate surface area is 179 Å². The van der Waals surface area contributed by atoms with Crippen LogP contribution in [0.1, 0.15) is 27.0 Å². The van der Waals surface area contributed by atoms with Crippen LogP contribution in [0.5, 0.6) is 11.5 Å². The van der Waals surface area contributed by atoms with Crippen LogP contribution in [0.3, 0.4) is 0 Å². The van der Waals surface area contributed by atoms with Crippen LogP contribution < -0.4 is 14.9 Å². The van der Waals surface area contributed by atoms with Crippen molar-refractivity contribution in [1.82, 2.24) is 5.43 Å². The van der Waals surface area contributed by atoms with Gasteiger partial charge in [0, 0.05) is 12.1 Å². The average Bonchev–Trinajstić information content (AvgIpc) is 2.78. The van der Waals surface area contributed by atoms with Gasteiger partial charge in [0.05, 0.1) is 23.8 Å². The molecule has 0 spiro atoms. The van der Waals surface area contributed by atoms with E-state index in [0.717, 1.165) is 16.7 Å². The highest BCUT2D eigenvalue weighted by Gasteiger charge is 2.11. The number of nitro groups is 1. The summed E-state index contributed by atoms with van der Waals surface area (Å²) in [6.45, 7) is 2.21. The third-order valence-electron chi connectivity index (χ3n) is 4.41. The maximum Gasteiger partial charge on any atom is 0.275 e. The molecule has 0 bridgehead atoms. The Bertz CT molecular complexity index is 1090. The standard InChI is InChI=1S/C23H21N3O5/c1-16-3-12-21(22(13-16)30-2)23(27)25-24-14-17-6-10-20(11-7-17)31-15-18-4-8-19(9-5-18)26(28)29/h3-14H,15H2,1-2H3,(H,25,27)/b24-14-. The summed E-state index contributed by atoms with van der Waals surface area (Å²) in [6.07, 6.45) is 1.53. The minimum Gasteiger partial charge on any atom is -0.496 e. The van der Waals surface area contributed by atoms with Crippen molar-refractivity contribution in [3.05, 3.63) is 99.1 Å². The van der Waals surface area contributed by atoms with Crippen LogP contribution in [0.2, 0.25) is 0 Å². The first-order valence-electron chi connectivity index (χ1n) is 9.40. The summed E-state index contributed by atoms with van der Waals surface area (Å²) in [7, 11) is 1.51. The number of hydrogen-bond donors (Lipinski definition) is 1. The summed E-state index contributed by atoms with van der Waals surface area (Å²) in [4.78, 5) is 22.5. The molecule has 0 saturated heterocycles. The summed E-state index contributed by atoms with van der Waals surface area (Å²) in [6, 6.07) is 18.7. The van der Waals surface area contributed by atoms with Gasteiger partial charge in [-0.1, -0.05) is 6.07 Å². The van der Waals surface area contributed by atoms with Crippen molar-refractivity contribution in [3.63, 3.8) is 0 Å². The monoisotopic (exact) mass is 419 g/mol. The van der Waals surface area contributed by atoms with Gasteiger partial charge in [0.15, 0.2) is 0 Å². The molecule has 0 radical (unpaired) electrons. The van der Waals surface area contributed by atoms with Gasteiger partial charge in [-0.15, -0.1) is 0 Å². The van der Waals surface area contributed by atoms with E-state index in [0.29, 0.717) is 23.7 Å². The van der Waals surface area contributed by atoms with Crippen LogP contribution in [-0.2, 0) is 6.61 Å². The molecule has 3 rings (SSSR count). The highest BCUT2D eigenvalue weighted by atomic mass is 16.6. The maximum absolute atomic E-state index is 12.3. The van der Waals surface area contributed by atoms with Crippen molar-refractivity contribution in [1.29, 1.82) is 0 Å². The number of carbonyl (C=O) groups is 1. The molecule has 1 N–H and O–H groups in total. The second-order valence-electron chi connectivity index (χ2n) is 6.68. The minimum atomic E-state index is -0.440. The molecule has 0 aliphatic carbocycles. The lowest BCUT2D eigenvalue weighted by Crippen LogP contribution is -2.18. The highest BCUT2D eigenvalue weighted by Crippen LogP contribution is 2.20. The van der Waals surface area contributed by atoms with Gasteiger partial charge in [-0.3, -0.25) is 14.9 Å². The third kappa shape index (κ3) is 5.89. The summed E-state index contributed by atoms with van der Waals surface area (Å²) in [5.74, 6) is 0.766. The number of nitrogens with one attached hydrogen (secondary N) is 1. The minimum absolute atomic E-state index is 0.0419. The van der Waals surface area contributed by atoms with E-state index in [4.69, 9.17) is 9.47 Å². The number of ether oxygens (including phenoxy) is 2.